The first kappa shape index (κ1) is 16.2. The number of para-hydroxylation sites is 2. The Kier molecular flexibility index (Phi) is 4.07. The second-order valence-electron chi connectivity index (χ2n) is 6.08. The van der Waals surface area contributed by atoms with Crippen molar-refractivity contribution in [3.63, 3.8) is 0 Å². The van der Waals surface area contributed by atoms with Gasteiger partial charge >= 0.3 is 0 Å². The lowest BCUT2D eigenvalue weighted by atomic mass is 9.98. The van der Waals surface area contributed by atoms with Crippen molar-refractivity contribution in [2.75, 3.05) is 0 Å². The van der Waals surface area contributed by atoms with Gasteiger partial charge in [-0.25, -0.2) is 0 Å². The molecule has 4 rings (SSSR count). The van der Waals surface area contributed by atoms with Gasteiger partial charge in [-0.3, -0.25) is 4.79 Å². The fourth-order valence-corrected chi connectivity index (χ4v) is 3.25. The summed E-state index contributed by atoms with van der Waals surface area (Å²) >= 11 is 0. The number of hydrogen-bond acceptors (Lipinski definition) is 3. The molecule has 0 bridgehead atoms. The number of hydrogen-bond donors (Lipinski definition) is 3. The van der Waals surface area contributed by atoms with Gasteiger partial charge in [0.05, 0.1) is 17.7 Å². The molecule has 0 aliphatic heterocycles. The second kappa shape index (κ2) is 6.54. The number of fused-ring (bicyclic) bond motifs is 1. The highest BCUT2D eigenvalue weighted by Gasteiger charge is 2.18. The van der Waals surface area contributed by atoms with Crippen molar-refractivity contribution in [3.8, 4) is 22.6 Å². The number of ether oxygens (including phenoxy) is 1. The van der Waals surface area contributed by atoms with E-state index in [1.54, 1.807) is 6.20 Å². The zero-order chi connectivity index (χ0) is 18.1. The standard InChI is InChI=1S/C21H18N2O3/c1-13-19-16(11-22-13)20(17(12-24)23-21(19)25)15-9-5-6-10-18(15)26-14-7-3-2-4-8-14/h2-11,22,24H,12H2,1H3,(H,23,25). The van der Waals surface area contributed by atoms with Crippen LogP contribution in [0, 0.1) is 6.92 Å². The first-order chi connectivity index (χ1) is 12.7. The van der Waals surface area contributed by atoms with E-state index in [0.29, 0.717) is 16.8 Å². The summed E-state index contributed by atoms with van der Waals surface area (Å²) < 4.78 is 6.07. The van der Waals surface area contributed by atoms with E-state index < -0.39 is 0 Å². The Morgan fingerprint density at radius 1 is 1.04 bits per heavy atom. The van der Waals surface area contributed by atoms with Crippen molar-refractivity contribution < 1.29 is 9.84 Å². The highest BCUT2D eigenvalue weighted by Crippen LogP contribution is 2.38. The molecule has 130 valence electrons. The number of aromatic nitrogens is 2. The smallest absolute Gasteiger partial charge is 0.257 e. The van der Waals surface area contributed by atoms with E-state index in [2.05, 4.69) is 9.97 Å². The van der Waals surface area contributed by atoms with Gasteiger partial charge in [0.1, 0.15) is 11.5 Å². The molecule has 2 aromatic heterocycles. The minimum absolute atomic E-state index is 0.215. The predicted octanol–water partition coefficient (Wildman–Crippen LogP) is 4.12. The van der Waals surface area contributed by atoms with Gasteiger partial charge in [-0.2, -0.15) is 0 Å². The molecule has 0 unspecified atom stereocenters. The van der Waals surface area contributed by atoms with Gasteiger partial charge in [-0.05, 0) is 25.1 Å². The third-order valence-electron chi connectivity index (χ3n) is 4.43. The van der Waals surface area contributed by atoms with Crippen molar-refractivity contribution in [1.29, 1.82) is 0 Å². The summed E-state index contributed by atoms with van der Waals surface area (Å²) in [6.45, 7) is 1.58. The molecule has 5 heteroatoms. The predicted molar refractivity (Wildman–Crippen MR) is 102 cm³/mol. The minimum Gasteiger partial charge on any atom is -0.457 e. The van der Waals surface area contributed by atoms with Crippen LogP contribution in [0.2, 0.25) is 0 Å². The first-order valence-electron chi connectivity index (χ1n) is 8.35. The Hall–Kier alpha value is -3.31. The Morgan fingerprint density at radius 2 is 1.77 bits per heavy atom. The van der Waals surface area contributed by atoms with Crippen molar-refractivity contribution in [1.82, 2.24) is 9.97 Å². The Balaban J connectivity index is 1.97. The number of aliphatic hydroxyl groups excluding tert-OH is 1. The van der Waals surface area contributed by atoms with E-state index in [0.717, 1.165) is 28.0 Å². The normalized spacial score (nSPS) is 11.0. The Labute approximate surface area is 149 Å². The first-order valence-corrected chi connectivity index (χ1v) is 8.35. The maximum atomic E-state index is 12.4. The largest absolute Gasteiger partial charge is 0.457 e. The SMILES string of the molecule is Cc1[nH]cc2c(-c3ccccc3Oc3ccccc3)c(CO)[nH]c(=O)c12. The molecule has 0 fully saturated rings. The quantitative estimate of drug-likeness (QED) is 0.520. The molecule has 0 aliphatic carbocycles. The van der Waals surface area contributed by atoms with Crippen molar-refractivity contribution in [2.45, 2.75) is 13.5 Å². The number of pyridine rings is 1. The van der Waals surface area contributed by atoms with Crippen LogP contribution in [0.3, 0.4) is 0 Å². The highest BCUT2D eigenvalue weighted by molar-refractivity contribution is 5.99. The zero-order valence-electron chi connectivity index (χ0n) is 14.2. The van der Waals surface area contributed by atoms with Crippen molar-refractivity contribution in [3.05, 3.63) is 82.5 Å². The summed E-state index contributed by atoms with van der Waals surface area (Å²) in [5, 5.41) is 11.2. The number of nitrogens with one attached hydrogen (secondary N) is 2. The van der Waals surface area contributed by atoms with Crippen LogP contribution < -0.4 is 10.3 Å². The van der Waals surface area contributed by atoms with E-state index in [4.69, 9.17) is 4.74 Å². The summed E-state index contributed by atoms with van der Waals surface area (Å²) in [5.41, 5.74) is 2.60. The lowest BCUT2D eigenvalue weighted by Gasteiger charge is -2.15. The molecule has 0 atom stereocenters. The van der Waals surface area contributed by atoms with Gasteiger partial charge in [-0.1, -0.05) is 36.4 Å². The molecule has 0 spiro atoms. The second-order valence-corrected chi connectivity index (χ2v) is 6.08. The number of benzene rings is 2. The van der Waals surface area contributed by atoms with E-state index in [9.17, 15) is 9.90 Å². The maximum absolute atomic E-state index is 12.4. The van der Waals surface area contributed by atoms with E-state index >= 15 is 0 Å². The third-order valence-corrected chi connectivity index (χ3v) is 4.43. The number of H-pyrrole nitrogens is 2. The lowest BCUT2D eigenvalue weighted by Crippen LogP contribution is -2.11. The monoisotopic (exact) mass is 346 g/mol. The number of aromatic amines is 2. The molecule has 0 amide bonds. The molecule has 2 heterocycles. The third kappa shape index (κ3) is 2.68. The number of rotatable bonds is 4. The van der Waals surface area contributed by atoms with Crippen LogP contribution in [0.4, 0.5) is 0 Å². The Bertz CT molecular complexity index is 1130. The molecule has 0 saturated carbocycles. The van der Waals surface area contributed by atoms with Gasteiger partial charge < -0.3 is 19.8 Å². The number of aliphatic hydroxyl groups is 1. The maximum Gasteiger partial charge on any atom is 0.257 e. The van der Waals surface area contributed by atoms with Crippen molar-refractivity contribution in [2.24, 2.45) is 0 Å². The van der Waals surface area contributed by atoms with Gasteiger partial charge in [0, 0.05) is 28.4 Å². The van der Waals surface area contributed by atoms with Crippen LogP contribution in [0.5, 0.6) is 11.5 Å². The average molecular weight is 346 g/mol. The zero-order valence-corrected chi connectivity index (χ0v) is 14.2. The van der Waals surface area contributed by atoms with E-state index in [-0.39, 0.29) is 12.2 Å². The summed E-state index contributed by atoms with van der Waals surface area (Å²) in [5.74, 6) is 1.37. The fraction of sp³-hybridized carbons (Fsp3) is 0.0952. The van der Waals surface area contributed by atoms with Crippen LogP contribution in [-0.4, -0.2) is 15.1 Å². The molecular weight excluding hydrogens is 328 g/mol. The van der Waals surface area contributed by atoms with Crippen molar-refractivity contribution >= 4 is 10.8 Å². The van der Waals surface area contributed by atoms with Gasteiger partial charge in [-0.15, -0.1) is 0 Å². The molecule has 4 aromatic rings. The molecular formula is C21H18N2O3. The van der Waals surface area contributed by atoms with Crippen LogP contribution in [0.15, 0.2) is 65.6 Å². The van der Waals surface area contributed by atoms with Gasteiger partial charge in [0.2, 0.25) is 0 Å². The molecule has 3 N–H and O–H groups in total. The van der Waals surface area contributed by atoms with Crippen LogP contribution >= 0.6 is 0 Å². The number of aryl methyl sites for hydroxylation is 1. The molecule has 26 heavy (non-hydrogen) atoms. The highest BCUT2D eigenvalue weighted by atomic mass is 16.5. The summed E-state index contributed by atoms with van der Waals surface area (Å²) in [4.78, 5) is 18.3. The van der Waals surface area contributed by atoms with Gasteiger partial charge in [0.15, 0.2) is 0 Å². The molecule has 0 saturated heterocycles. The summed E-state index contributed by atoms with van der Waals surface area (Å²) in [6.07, 6.45) is 1.80. The van der Waals surface area contributed by atoms with Crippen LogP contribution in [0.25, 0.3) is 21.9 Å². The molecule has 2 aromatic carbocycles. The van der Waals surface area contributed by atoms with Crippen LogP contribution in [-0.2, 0) is 6.61 Å². The molecule has 0 radical (unpaired) electrons. The molecule has 0 aliphatic rings. The Morgan fingerprint density at radius 3 is 2.54 bits per heavy atom. The lowest BCUT2D eigenvalue weighted by molar-refractivity contribution is 0.277. The average Bonchev–Trinajstić information content (AvgIpc) is 3.05. The minimum atomic E-state index is -0.273. The summed E-state index contributed by atoms with van der Waals surface area (Å²) in [6, 6.07) is 17.1. The van der Waals surface area contributed by atoms with E-state index in [1.165, 1.54) is 0 Å². The topological polar surface area (TPSA) is 78.1 Å². The van der Waals surface area contributed by atoms with Crippen LogP contribution in [0.1, 0.15) is 11.4 Å². The fourth-order valence-electron chi connectivity index (χ4n) is 3.25. The van der Waals surface area contributed by atoms with Gasteiger partial charge in [0.25, 0.3) is 5.56 Å². The molecule has 5 nitrogen and oxygen atoms in total. The summed E-state index contributed by atoms with van der Waals surface area (Å²) in [7, 11) is 0. The van der Waals surface area contributed by atoms with E-state index in [1.807, 2.05) is 61.5 Å².